The molecule has 0 aromatic heterocycles. The van der Waals surface area contributed by atoms with Gasteiger partial charge in [-0.1, -0.05) is 23.7 Å². The number of ether oxygens (including phenoxy) is 1. The number of hydrogen-bond donors (Lipinski definition) is 0. The van der Waals surface area contributed by atoms with Gasteiger partial charge in [-0.3, -0.25) is 0 Å². The van der Waals surface area contributed by atoms with Crippen molar-refractivity contribution in [3.63, 3.8) is 0 Å². The molecule has 0 aliphatic heterocycles. The molecule has 1 aliphatic carbocycles. The predicted octanol–water partition coefficient (Wildman–Crippen LogP) is 4.09. The summed E-state index contributed by atoms with van der Waals surface area (Å²) >= 11 is 5.98. The van der Waals surface area contributed by atoms with E-state index in [2.05, 4.69) is 4.90 Å². The van der Waals surface area contributed by atoms with E-state index in [0.29, 0.717) is 30.3 Å². The zero-order chi connectivity index (χ0) is 14.6. The number of hydrogen-bond acceptors (Lipinski definition) is 2. The number of alkyl halides is 2. The molecule has 0 heterocycles. The first kappa shape index (κ1) is 15.5. The van der Waals surface area contributed by atoms with Crippen molar-refractivity contribution in [1.82, 2.24) is 4.90 Å². The van der Waals surface area contributed by atoms with Crippen LogP contribution in [0.4, 0.5) is 8.78 Å². The van der Waals surface area contributed by atoms with Crippen molar-refractivity contribution in [2.75, 3.05) is 26.7 Å². The molecule has 5 heteroatoms. The van der Waals surface area contributed by atoms with E-state index >= 15 is 0 Å². The molecule has 1 aromatic carbocycles. The number of nitrogens with zero attached hydrogens (tertiary/aromatic N) is 1. The monoisotopic (exact) mass is 303 g/mol. The molecular formula is C15H20ClF2NO. The summed E-state index contributed by atoms with van der Waals surface area (Å²) in [6.07, 6.45) is 1.49. The highest BCUT2D eigenvalue weighted by Gasteiger charge is 2.55. The van der Waals surface area contributed by atoms with E-state index in [-0.39, 0.29) is 6.42 Å². The van der Waals surface area contributed by atoms with E-state index in [1.54, 1.807) is 6.07 Å². The highest BCUT2D eigenvalue weighted by Crippen LogP contribution is 2.50. The van der Waals surface area contributed by atoms with Crippen LogP contribution in [0.3, 0.4) is 0 Å². The third-order valence-corrected chi connectivity index (χ3v) is 3.91. The largest absolute Gasteiger partial charge is 0.492 e. The summed E-state index contributed by atoms with van der Waals surface area (Å²) < 4.78 is 31.0. The van der Waals surface area contributed by atoms with Gasteiger partial charge in [-0.05, 0) is 38.6 Å². The average molecular weight is 304 g/mol. The molecule has 2 nitrogen and oxygen atoms in total. The van der Waals surface area contributed by atoms with Crippen molar-refractivity contribution >= 4 is 11.6 Å². The van der Waals surface area contributed by atoms with Gasteiger partial charge in [0.25, 0.3) is 5.92 Å². The van der Waals surface area contributed by atoms with Gasteiger partial charge in [0, 0.05) is 18.9 Å². The summed E-state index contributed by atoms with van der Waals surface area (Å²) in [4.78, 5) is 2.07. The van der Waals surface area contributed by atoms with E-state index in [1.165, 1.54) is 0 Å². The minimum atomic E-state index is -2.39. The fraction of sp³-hybridized carbons (Fsp3) is 0.600. The van der Waals surface area contributed by atoms with Gasteiger partial charge in [0.1, 0.15) is 5.75 Å². The molecular weight excluding hydrogens is 284 g/mol. The third kappa shape index (κ3) is 4.60. The fourth-order valence-electron chi connectivity index (χ4n) is 2.15. The maximum Gasteiger partial charge on any atom is 0.251 e. The SMILES string of the molecule is CN(CCCOc1ccccc1Cl)CCC1CC1(F)F. The van der Waals surface area contributed by atoms with Crippen molar-refractivity contribution in [2.24, 2.45) is 5.92 Å². The molecule has 0 saturated heterocycles. The van der Waals surface area contributed by atoms with Gasteiger partial charge in [-0.25, -0.2) is 8.78 Å². The zero-order valence-electron chi connectivity index (χ0n) is 11.6. The third-order valence-electron chi connectivity index (χ3n) is 3.59. The summed E-state index contributed by atoms with van der Waals surface area (Å²) in [5.74, 6) is -2.10. The predicted molar refractivity (Wildman–Crippen MR) is 76.7 cm³/mol. The molecule has 112 valence electrons. The van der Waals surface area contributed by atoms with Gasteiger partial charge in [-0.2, -0.15) is 0 Å². The molecule has 0 spiro atoms. The van der Waals surface area contributed by atoms with Crippen LogP contribution in [0.25, 0.3) is 0 Å². The summed E-state index contributed by atoms with van der Waals surface area (Å²) in [7, 11) is 1.95. The van der Waals surface area contributed by atoms with E-state index < -0.39 is 11.8 Å². The maximum atomic E-state index is 12.7. The zero-order valence-corrected chi connectivity index (χ0v) is 12.4. The second-order valence-corrected chi connectivity index (χ2v) is 5.79. The van der Waals surface area contributed by atoms with Gasteiger partial charge in [-0.15, -0.1) is 0 Å². The van der Waals surface area contributed by atoms with E-state index in [0.717, 1.165) is 13.0 Å². The Labute approximate surface area is 123 Å². The Morgan fingerprint density at radius 3 is 2.70 bits per heavy atom. The lowest BCUT2D eigenvalue weighted by molar-refractivity contribution is 0.0944. The fourth-order valence-corrected chi connectivity index (χ4v) is 2.34. The molecule has 0 radical (unpaired) electrons. The summed E-state index contributed by atoms with van der Waals surface area (Å²) in [6.45, 7) is 2.13. The van der Waals surface area contributed by atoms with E-state index in [1.807, 2.05) is 25.2 Å². The molecule has 1 aromatic rings. The second-order valence-electron chi connectivity index (χ2n) is 5.39. The number of benzene rings is 1. The molecule has 0 N–H and O–H groups in total. The molecule has 1 fully saturated rings. The minimum absolute atomic E-state index is 0.0659. The normalized spacial score (nSPS) is 20.1. The minimum Gasteiger partial charge on any atom is -0.492 e. The van der Waals surface area contributed by atoms with Crippen LogP contribution in [0.2, 0.25) is 5.02 Å². The van der Waals surface area contributed by atoms with Gasteiger partial charge in [0.05, 0.1) is 11.6 Å². The molecule has 1 unspecified atom stereocenters. The van der Waals surface area contributed by atoms with Crippen LogP contribution < -0.4 is 4.74 Å². The van der Waals surface area contributed by atoms with Crippen LogP contribution >= 0.6 is 11.6 Å². The first-order chi connectivity index (χ1) is 9.49. The van der Waals surface area contributed by atoms with Crippen LogP contribution in [0.15, 0.2) is 24.3 Å². The number of para-hydroxylation sites is 1. The lowest BCUT2D eigenvalue weighted by atomic mass is 10.2. The first-order valence-electron chi connectivity index (χ1n) is 6.93. The molecule has 1 aliphatic rings. The van der Waals surface area contributed by atoms with Gasteiger partial charge in [0.2, 0.25) is 0 Å². The molecule has 0 bridgehead atoms. The molecule has 1 atom stereocenters. The Kier molecular flexibility index (Phi) is 5.22. The molecule has 2 rings (SSSR count). The Morgan fingerprint density at radius 2 is 2.05 bits per heavy atom. The van der Waals surface area contributed by atoms with Crippen LogP contribution in [0.1, 0.15) is 19.3 Å². The number of rotatable bonds is 8. The van der Waals surface area contributed by atoms with Crippen molar-refractivity contribution in [3.8, 4) is 5.75 Å². The molecule has 0 amide bonds. The van der Waals surface area contributed by atoms with Crippen molar-refractivity contribution in [1.29, 1.82) is 0 Å². The molecule has 1 saturated carbocycles. The van der Waals surface area contributed by atoms with Gasteiger partial charge < -0.3 is 9.64 Å². The second kappa shape index (κ2) is 6.72. The highest BCUT2D eigenvalue weighted by molar-refractivity contribution is 6.32. The van der Waals surface area contributed by atoms with Crippen LogP contribution in [-0.2, 0) is 0 Å². The van der Waals surface area contributed by atoms with E-state index in [4.69, 9.17) is 16.3 Å². The molecule has 20 heavy (non-hydrogen) atoms. The van der Waals surface area contributed by atoms with Crippen molar-refractivity contribution < 1.29 is 13.5 Å². The van der Waals surface area contributed by atoms with Gasteiger partial charge in [0.15, 0.2) is 0 Å². The smallest absolute Gasteiger partial charge is 0.251 e. The first-order valence-corrected chi connectivity index (χ1v) is 7.30. The van der Waals surface area contributed by atoms with Crippen molar-refractivity contribution in [3.05, 3.63) is 29.3 Å². The standard InChI is InChI=1S/C15H20ClF2NO/c1-19(9-7-12-11-15(12,17)18)8-4-10-20-14-6-3-2-5-13(14)16/h2-3,5-6,12H,4,7-11H2,1H3. The Balaban J connectivity index is 1.55. The quantitative estimate of drug-likeness (QED) is 0.671. The Bertz CT molecular complexity index is 442. The topological polar surface area (TPSA) is 12.5 Å². The van der Waals surface area contributed by atoms with Crippen LogP contribution in [0, 0.1) is 5.92 Å². The highest BCUT2D eigenvalue weighted by atomic mass is 35.5. The lowest BCUT2D eigenvalue weighted by Crippen LogP contribution is -2.23. The summed E-state index contributed by atoms with van der Waals surface area (Å²) in [6, 6.07) is 7.36. The average Bonchev–Trinajstić information content (AvgIpc) is 3.02. The van der Waals surface area contributed by atoms with Crippen LogP contribution in [0.5, 0.6) is 5.75 Å². The van der Waals surface area contributed by atoms with Crippen molar-refractivity contribution in [2.45, 2.75) is 25.2 Å². The Morgan fingerprint density at radius 1 is 1.35 bits per heavy atom. The van der Waals surface area contributed by atoms with E-state index in [9.17, 15) is 8.78 Å². The lowest BCUT2D eigenvalue weighted by Gasteiger charge is -2.16. The van der Waals surface area contributed by atoms with Gasteiger partial charge >= 0.3 is 0 Å². The maximum absolute atomic E-state index is 12.7. The summed E-state index contributed by atoms with van der Waals surface area (Å²) in [5.41, 5.74) is 0. The summed E-state index contributed by atoms with van der Waals surface area (Å²) in [5, 5.41) is 0.608. The number of halogens is 3. The Hall–Kier alpha value is -0.870. The van der Waals surface area contributed by atoms with Crippen LogP contribution in [-0.4, -0.2) is 37.6 Å².